The van der Waals surface area contributed by atoms with Crippen molar-refractivity contribution in [3.8, 4) is 0 Å². The normalized spacial score (nSPS) is 11.7. The van der Waals surface area contributed by atoms with Crippen molar-refractivity contribution in [2.45, 2.75) is 19.1 Å². The fourth-order valence-electron chi connectivity index (χ4n) is 2.19. The van der Waals surface area contributed by atoms with Crippen LogP contribution >= 0.6 is 0 Å². The summed E-state index contributed by atoms with van der Waals surface area (Å²) in [5, 5.41) is 11.3. The maximum absolute atomic E-state index is 12.1. The Bertz CT molecular complexity index is 791. The van der Waals surface area contributed by atoms with E-state index in [0.29, 0.717) is 0 Å². The number of carbonyl (C=O) groups is 3. The summed E-state index contributed by atoms with van der Waals surface area (Å²) in [5.41, 5.74) is 3.78. The highest BCUT2D eigenvalue weighted by Crippen LogP contribution is 2.03. The fourth-order valence-corrected chi connectivity index (χ4v) is 2.19. The smallest absolute Gasteiger partial charge is 0.339 e. The lowest BCUT2D eigenvalue weighted by Crippen LogP contribution is -2.50. The van der Waals surface area contributed by atoms with Crippen molar-refractivity contribution >= 4 is 23.9 Å². The highest BCUT2D eigenvalue weighted by Gasteiger charge is 2.26. The molecule has 1 unspecified atom stereocenters. The van der Waals surface area contributed by atoms with Gasteiger partial charge in [-0.25, -0.2) is 15.1 Å². The molecule has 0 saturated carbocycles. The molecule has 7 heteroatoms. The minimum Gasteiger partial charge on any atom is -0.479 e. The minimum atomic E-state index is -1.66. The van der Waals surface area contributed by atoms with Crippen LogP contribution in [0.4, 0.5) is 4.79 Å². The predicted octanol–water partition coefficient (Wildman–Crippen LogP) is 2.54. The monoisotopic (exact) mass is 368 g/mol. The summed E-state index contributed by atoms with van der Waals surface area (Å²) < 4.78 is 0. The molecule has 0 aliphatic heterocycles. The van der Waals surface area contributed by atoms with Gasteiger partial charge in [-0.1, -0.05) is 72.8 Å². The summed E-state index contributed by atoms with van der Waals surface area (Å²) in [6.45, 7) is 0.111. The molecule has 140 valence electrons. The van der Waals surface area contributed by atoms with Crippen molar-refractivity contribution in [3.05, 3.63) is 77.9 Å². The van der Waals surface area contributed by atoms with E-state index in [2.05, 4.69) is 10.8 Å². The van der Waals surface area contributed by atoms with Crippen LogP contribution in [-0.2, 0) is 21.0 Å². The van der Waals surface area contributed by atoms with Gasteiger partial charge in [-0.3, -0.25) is 9.63 Å². The summed E-state index contributed by atoms with van der Waals surface area (Å²) >= 11 is 0. The van der Waals surface area contributed by atoms with Gasteiger partial charge < -0.3 is 10.4 Å². The maximum Gasteiger partial charge on any atom is 0.339 e. The number of urea groups is 1. The van der Waals surface area contributed by atoms with E-state index in [1.54, 1.807) is 12.2 Å². The van der Waals surface area contributed by atoms with E-state index in [9.17, 15) is 19.5 Å². The van der Waals surface area contributed by atoms with Gasteiger partial charge in [0.05, 0.1) is 6.61 Å². The zero-order valence-electron chi connectivity index (χ0n) is 14.5. The van der Waals surface area contributed by atoms with Gasteiger partial charge in [0.1, 0.15) is 0 Å². The topological polar surface area (TPSA) is 105 Å². The number of amides is 2. The Morgan fingerprint density at radius 1 is 1.00 bits per heavy atom. The van der Waals surface area contributed by atoms with Crippen LogP contribution in [0.15, 0.2) is 66.7 Å². The molecule has 0 radical (unpaired) electrons. The van der Waals surface area contributed by atoms with Crippen LogP contribution in [0.5, 0.6) is 0 Å². The van der Waals surface area contributed by atoms with E-state index in [1.165, 1.54) is 0 Å². The van der Waals surface area contributed by atoms with Crippen molar-refractivity contribution in [2.75, 3.05) is 0 Å². The number of aliphatic carboxylic acids is 1. The summed E-state index contributed by atoms with van der Waals surface area (Å²) in [7, 11) is 0. The molecule has 0 aliphatic carbocycles. The van der Waals surface area contributed by atoms with Crippen molar-refractivity contribution in [2.24, 2.45) is 0 Å². The van der Waals surface area contributed by atoms with Crippen molar-refractivity contribution in [1.82, 2.24) is 10.8 Å². The van der Waals surface area contributed by atoms with Crippen LogP contribution < -0.4 is 10.8 Å². The molecule has 0 aliphatic rings. The zero-order chi connectivity index (χ0) is 19.5. The summed E-state index contributed by atoms with van der Waals surface area (Å²) in [5.74, 6) is -2.08. The van der Waals surface area contributed by atoms with Gasteiger partial charge in [-0.05, 0) is 11.1 Å². The van der Waals surface area contributed by atoms with Gasteiger partial charge in [-0.15, -0.1) is 0 Å². The Hall–Kier alpha value is -3.45. The molecule has 7 nitrogen and oxygen atoms in total. The molecule has 27 heavy (non-hydrogen) atoms. The first-order valence-electron chi connectivity index (χ1n) is 8.25. The van der Waals surface area contributed by atoms with E-state index in [-0.39, 0.29) is 13.0 Å². The van der Waals surface area contributed by atoms with Crippen LogP contribution in [0.25, 0.3) is 6.08 Å². The summed E-state index contributed by atoms with van der Waals surface area (Å²) in [4.78, 5) is 40.1. The Morgan fingerprint density at radius 3 is 2.26 bits per heavy atom. The first-order chi connectivity index (χ1) is 13.1. The Balaban J connectivity index is 1.81. The number of allylic oxidation sites excluding steroid dienone is 1. The number of benzene rings is 2. The van der Waals surface area contributed by atoms with E-state index >= 15 is 0 Å². The average molecular weight is 368 g/mol. The lowest BCUT2D eigenvalue weighted by atomic mass is 10.1. The second-order valence-corrected chi connectivity index (χ2v) is 5.60. The standard InChI is InChI=1S/C20H20N2O5/c23-17(13-7-12-15-8-3-1-4-9-15)18(19(24)25)21-20(26)22-27-14-16-10-5-2-6-11-16/h1-12,18H,13-14H2,(H,24,25)(H2,21,22,26). The highest BCUT2D eigenvalue weighted by atomic mass is 16.7. The third-order valence-electron chi connectivity index (χ3n) is 3.52. The number of Topliss-reactive ketones (excluding diaryl/α,β-unsaturated/α-hetero) is 1. The maximum atomic E-state index is 12.1. The number of rotatable bonds is 9. The van der Waals surface area contributed by atoms with Gasteiger partial charge in [0, 0.05) is 6.42 Å². The number of hydrogen-bond donors (Lipinski definition) is 3. The highest BCUT2D eigenvalue weighted by molar-refractivity contribution is 6.05. The molecule has 3 N–H and O–H groups in total. The lowest BCUT2D eigenvalue weighted by molar-refractivity contribution is -0.142. The first-order valence-corrected chi connectivity index (χ1v) is 8.25. The Morgan fingerprint density at radius 2 is 1.63 bits per heavy atom. The molecule has 2 aromatic rings. The summed E-state index contributed by atoms with van der Waals surface area (Å²) in [6, 6.07) is 15.8. The summed E-state index contributed by atoms with van der Waals surface area (Å²) in [6.07, 6.45) is 3.13. The number of hydroxylamine groups is 1. The quantitative estimate of drug-likeness (QED) is 0.466. The van der Waals surface area contributed by atoms with Gasteiger partial charge in [0.2, 0.25) is 0 Å². The lowest BCUT2D eigenvalue weighted by Gasteiger charge is -2.13. The zero-order valence-corrected chi connectivity index (χ0v) is 14.5. The molecule has 0 heterocycles. The Labute approximate surface area is 156 Å². The number of carbonyl (C=O) groups excluding carboxylic acids is 2. The molecule has 0 saturated heterocycles. The van der Waals surface area contributed by atoms with Crippen LogP contribution in [-0.4, -0.2) is 28.9 Å². The number of ketones is 1. The minimum absolute atomic E-state index is 0.111. The number of carboxylic acid groups (broad SMARTS) is 1. The first kappa shape index (κ1) is 19.9. The molecule has 1 atom stereocenters. The fraction of sp³-hybridized carbons (Fsp3) is 0.150. The number of hydrogen-bond acceptors (Lipinski definition) is 4. The largest absolute Gasteiger partial charge is 0.479 e. The Kier molecular flexibility index (Phi) is 7.74. The molecule has 2 amide bonds. The second-order valence-electron chi connectivity index (χ2n) is 5.60. The van der Waals surface area contributed by atoms with E-state index in [1.807, 2.05) is 60.7 Å². The van der Waals surface area contributed by atoms with Crippen molar-refractivity contribution in [3.63, 3.8) is 0 Å². The van der Waals surface area contributed by atoms with E-state index in [0.717, 1.165) is 11.1 Å². The van der Waals surface area contributed by atoms with Gasteiger partial charge in [0.15, 0.2) is 11.8 Å². The van der Waals surface area contributed by atoms with Crippen LogP contribution in [0.2, 0.25) is 0 Å². The van der Waals surface area contributed by atoms with Crippen LogP contribution in [0.3, 0.4) is 0 Å². The van der Waals surface area contributed by atoms with Crippen LogP contribution in [0.1, 0.15) is 17.5 Å². The molecular formula is C20H20N2O5. The van der Waals surface area contributed by atoms with Gasteiger partial charge in [-0.2, -0.15) is 0 Å². The predicted molar refractivity (Wildman–Crippen MR) is 99.4 cm³/mol. The molecule has 0 bridgehead atoms. The van der Waals surface area contributed by atoms with E-state index in [4.69, 9.17) is 4.84 Å². The molecule has 2 aromatic carbocycles. The van der Waals surface area contributed by atoms with Gasteiger partial charge in [0.25, 0.3) is 0 Å². The van der Waals surface area contributed by atoms with Crippen LogP contribution in [0, 0.1) is 0 Å². The third kappa shape index (κ3) is 7.13. The molecule has 0 fully saturated rings. The number of carboxylic acids is 1. The van der Waals surface area contributed by atoms with Gasteiger partial charge >= 0.3 is 12.0 Å². The second kappa shape index (κ2) is 10.5. The molecule has 0 aromatic heterocycles. The molecule has 0 spiro atoms. The van der Waals surface area contributed by atoms with Crippen molar-refractivity contribution in [1.29, 1.82) is 0 Å². The third-order valence-corrected chi connectivity index (χ3v) is 3.52. The van der Waals surface area contributed by atoms with Crippen molar-refractivity contribution < 1.29 is 24.3 Å². The number of nitrogens with one attached hydrogen (secondary N) is 2. The average Bonchev–Trinajstić information content (AvgIpc) is 2.67. The molecule has 2 rings (SSSR count). The molecular weight excluding hydrogens is 348 g/mol. The SMILES string of the molecule is O=C(NOCc1ccccc1)NC(C(=O)O)C(=O)CC=Cc1ccccc1. The van der Waals surface area contributed by atoms with E-state index < -0.39 is 23.8 Å².